The summed E-state index contributed by atoms with van der Waals surface area (Å²) in [6.07, 6.45) is 0.0827. The van der Waals surface area contributed by atoms with Crippen molar-refractivity contribution in [3.05, 3.63) is 70.3 Å². The van der Waals surface area contributed by atoms with Crippen LogP contribution in [0.15, 0.2) is 59.1 Å². The molecule has 8 heteroatoms. The van der Waals surface area contributed by atoms with Crippen molar-refractivity contribution < 1.29 is 24.2 Å². The number of ether oxygens (including phenoxy) is 2. The summed E-state index contributed by atoms with van der Waals surface area (Å²) >= 11 is 1.06. The number of nitrogens with zero attached hydrogens (tertiary/aromatic N) is 1. The molecule has 0 unspecified atom stereocenters. The summed E-state index contributed by atoms with van der Waals surface area (Å²) in [5.41, 5.74) is 1.89. The maximum Gasteiger partial charge on any atom is 0.316 e. The first kappa shape index (κ1) is 21.3. The lowest BCUT2D eigenvalue weighted by atomic mass is 9.87. The molecule has 3 rings (SSSR count). The highest BCUT2D eigenvalue weighted by Gasteiger charge is 2.30. The van der Waals surface area contributed by atoms with E-state index in [1.165, 1.54) is 13.2 Å². The summed E-state index contributed by atoms with van der Waals surface area (Å²) in [7, 11) is 1.43. The number of aromatic hydroxyl groups is 1. The van der Waals surface area contributed by atoms with Gasteiger partial charge in [-0.15, -0.1) is 0 Å². The predicted octanol–water partition coefficient (Wildman–Crippen LogP) is 3.22. The minimum absolute atomic E-state index is 0.0280. The molecule has 2 aromatic carbocycles. The first-order valence-electron chi connectivity index (χ1n) is 9.15. The SMILES string of the molecule is COc1cc([C@H]2CC(=O)NC(SCC(=O)OCc3ccccc3)=C2C#N)ccc1O. The monoisotopic (exact) mass is 424 g/mol. The average Bonchev–Trinajstić information content (AvgIpc) is 2.77. The number of benzene rings is 2. The summed E-state index contributed by atoms with van der Waals surface area (Å²) in [4.78, 5) is 24.3. The lowest BCUT2D eigenvalue weighted by Gasteiger charge is -2.25. The van der Waals surface area contributed by atoms with Gasteiger partial charge in [-0.1, -0.05) is 48.2 Å². The van der Waals surface area contributed by atoms with E-state index in [-0.39, 0.29) is 36.2 Å². The molecule has 1 heterocycles. The van der Waals surface area contributed by atoms with Crippen LogP contribution in [0.3, 0.4) is 0 Å². The molecular weight excluding hydrogens is 404 g/mol. The fourth-order valence-corrected chi connectivity index (χ4v) is 3.91. The number of carbonyl (C=O) groups excluding carboxylic acids is 2. The lowest BCUT2D eigenvalue weighted by Crippen LogP contribution is -2.31. The zero-order valence-corrected chi connectivity index (χ0v) is 17.1. The highest BCUT2D eigenvalue weighted by atomic mass is 32.2. The average molecular weight is 424 g/mol. The Morgan fingerprint density at radius 3 is 2.77 bits per heavy atom. The van der Waals surface area contributed by atoms with Crippen molar-refractivity contribution in [3.63, 3.8) is 0 Å². The van der Waals surface area contributed by atoms with Crippen LogP contribution in [0.2, 0.25) is 0 Å². The molecule has 1 aliphatic rings. The molecule has 2 N–H and O–H groups in total. The summed E-state index contributed by atoms with van der Waals surface area (Å²) in [6.45, 7) is 0.159. The maximum absolute atomic E-state index is 12.2. The van der Waals surface area contributed by atoms with E-state index in [1.807, 2.05) is 30.3 Å². The van der Waals surface area contributed by atoms with Gasteiger partial charge in [0.2, 0.25) is 5.91 Å². The molecule has 1 atom stereocenters. The van der Waals surface area contributed by atoms with E-state index >= 15 is 0 Å². The second-order valence-electron chi connectivity index (χ2n) is 6.53. The van der Waals surface area contributed by atoms with Gasteiger partial charge in [0.15, 0.2) is 11.5 Å². The lowest BCUT2D eigenvalue weighted by molar-refractivity contribution is -0.141. The Hall–Kier alpha value is -3.44. The molecule has 0 saturated carbocycles. The summed E-state index contributed by atoms with van der Waals surface area (Å²) in [5, 5.41) is 22.5. The van der Waals surface area contributed by atoms with Gasteiger partial charge in [-0.25, -0.2) is 0 Å². The van der Waals surface area contributed by atoms with Gasteiger partial charge in [-0.2, -0.15) is 5.26 Å². The number of phenols is 1. The summed E-state index contributed by atoms with van der Waals surface area (Å²) in [5.74, 6) is -1.02. The number of thioether (sulfide) groups is 1. The number of amides is 1. The second kappa shape index (κ2) is 9.85. The number of allylic oxidation sites excluding steroid dienone is 1. The van der Waals surface area contributed by atoms with Crippen molar-refractivity contribution >= 4 is 23.6 Å². The van der Waals surface area contributed by atoms with Crippen LogP contribution in [0.4, 0.5) is 0 Å². The molecule has 0 radical (unpaired) electrons. The molecule has 2 aromatic rings. The van der Waals surface area contributed by atoms with Crippen molar-refractivity contribution in [2.45, 2.75) is 18.9 Å². The van der Waals surface area contributed by atoms with Crippen LogP contribution in [0.5, 0.6) is 11.5 Å². The quantitative estimate of drug-likeness (QED) is 0.657. The number of phenolic OH excluding ortho intramolecular Hbond substituents is 1. The standard InChI is InChI=1S/C22H20N2O5S/c1-28-19-9-15(7-8-18(19)25)16-10-20(26)24-22(17(16)11-23)30-13-21(27)29-12-14-5-3-2-4-6-14/h2-9,16,25H,10,12-13H2,1H3,(H,24,26)/t16-/m1/s1. The fraction of sp³-hybridized carbons (Fsp3) is 0.227. The summed E-state index contributed by atoms with van der Waals surface area (Å²) < 4.78 is 10.4. The van der Waals surface area contributed by atoms with Crippen LogP contribution in [0.1, 0.15) is 23.5 Å². The van der Waals surface area contributed by atoms with Crippen molar-refractivity contribution in [1.29, 1.82) is 5.26 Å². The Labute approximate surface area is 178 Å². The molecule has 0 spiro atoms. The van der Waals surface area contributed by atoms with Gasteiger partial charge >= 0.3 is 5.97 Å². The molecule has 0 aliphatic carbocycles. The number of nitrogens with one attached hydrogen (secondary N) is 1. The Morgan fingerprint density at radius 1 is 1.30 bits per heavy atom. The molecule has 0 saturated heterocycles. The zero-order chi connectivity index (χ0) is 21.5. The largest absolute Gasteiger partial charge is 0.504 e. The van der Waals surface area contributed by atoms with Gasteiger partial charge in [0.1, 0.15) is 6.61 Å². The van der Waals surface area contributed by atoms with Gasteiger partial charge in [0.25, 0.3) is 0 Å². The minimum atomic E-state index is -0.499. The third-order valence-electron chi connectivity index (χ3n) is 4.54. The molecule has 1 aliphatic heterocycles. The molecule has 1 amide bonds. The normalized spacial score (nSPS) is 15.9. The van der Waals surface area contributed by atoms with Crippen molar-refractivity contribution in [3.8, 4) is 17.6 Å². The number of rotatable bonds is 7. The third kappa shape index (κ3) is 5.13. The van der Waals surface area contributed by atoms with E-state index in [9.17, 15) is 20.0 Å². The number of nitriles is 1. The minimum Gasteiger partial charge on any atom is -0.504 e. The molecule has 0 aromatic heterocycles. The highest BCUT2D eigenvalue weighted by molar-refractivity contribution is 8.03. The second-order valence-corrected chi connectivity index (χ2v) is 7.51. The van der Waals surface area contributed by atoms with Gasteiger partial charge < -0.3 is 19.9 Å². The highest BCUT2D eigenvalue weighted by Crippen LogP contribution is 2.38. The van der Waals surface area contributed by atoms with E-state index in [1.54, 1.807) is 12.1 Å². The van der Waals surface area contributed by atoms with Gasteiger partial charge in [0.05, 0.1) is 29.5 Å². The van der Waals surface area contributed by atoms with Crippen molar-refractivity contribution in [1.82, 2.24) is 5.32 Å². The zero-order valence-electron chi connectivity index (χ0n) is 16.3. The molecular formula is C22H20N2O5S. The molecule has 154 valence electrons. The van der Waals surface area contributed by atoms with Gasteiger partial charge in [-0.3, -0.25) is 9.59 Å². The van der Waals surface area contributed by atoms with Crippen LogP contribution < -0.4 is 10.1 Å². The smallest absolute Gasteiger partial charge is 0.316 e. The van der Waals surface area contributed by atoms with Crippen LogP contribution in [0, 0.1) is 11.3 Å². The van der Waals surface area contributed by atoms with Crippen LogP contribution in [-0.2, 0) is 20.9 Å². The Kier molecular flexibility index (Phi) is 6.99. The van der Waals surface area contributed by atoms with Gasteiger partial charge in [0, 0.05) is 12.3 Å². The molecule has 0 bridgehead atoms. The number of hydrogen-bond acceptors (Lipinski definition) is 7. The number of esters is 1. The van der Waals surface area contributed by atoms with Crippen LogP contribution in [0.25, 0.3) is 0 Å². The van der Waals surface area contributed by atoms with E-state index < -0.39 is 11.9 Å². The van der Waals surface area contributed by atoms with Crippen molar-refractivity contribution in [2.24, 2.45) is 0 Å². The first-order chi connectivity index (χ1) is 14.5. The first-order valence-corrected chi connectivity index (χ1v) is 10.1. The molecule has 0 fully saturated rings. The Balaban J connectivity index is 1.72. The van der Waals surface area contributed by atoms with E-state index in [4.69, 9.17) is 9.47 Å². The maximum atomic E-state index is 12.2. The molecule has 7 nitrogen and oxygen atoms in total. The topological polar surface area (TPSA) is 109 Å². The summed E-state index contributed by atoms with van der Waals surface area (Å²) in [6, 6.07) is 16.2. The Morgan fingerprint density at radius 2 is 2.07 bits per heavy atom. The van der Waals surface area contributed by atoms with E-state index in [0.29, 0.717) is 16.2 Å². The number of methoxy groups -OCH3 is 1. The Bertz CT molecular complexity index is 1010. The van der Waals surface area contributed by atoms with Crippen LogP contribution in [-0.4, -0.2) is 29.8 Å². The van der Waals surface area contributed by atoms with Crippen molar-refractivity contribution in [2.75, 3.05) is 12.9 Å². The van der Waals surface area contributed by atoms with E-state index in [0.717, 1.165) is 17.3 Å². The fourth-order valence-electron chi connectivity index (χ4n) is 3.04. The number of carbonyl (C=O) groups is 2. The predicted molar refractivity (Wildman–Crippen MR) is 111 cm³/mol. The van der Waals surface area contributed by atoms with Gasteiger partial charge in [-0.05, 0) is 23.3 Å². The third-order valence-corrected chi connectivity index (χ3v) is 5.53. The molecule has 30 heavy (non-hydrogen) atoms. The van der Waals surface area contributed by atoms with E-state index in [2.05, 4.69) is 11.4 Å². The number of hydrogen-bond donors (Lipinski definition) is 2. The van der Waals surface area contributed by atoms with Crippen LogP contribution >= 0.6 is 11.8 Å².